The highest BCUT2D eigenvalue weighted by Crippen LogP contribution is 2.19. The lowest BCUT2D eigenvalue weighted by Gasteiger charge is -2.24. The van der Waals surface area contributed by atoms with Crippen LogP contribution in [0.5, 0.6) is 0 Å². The number of carbonyl (C=O) groups is 2. The first kappa shape index (κ1) is 20.3. The van der Waals surface area contributed by atoms with E-state index in [1.807, 2.05) is 36.6 Å². The fourth-order valence-electron chi connectivity index (χ4n) is 1.56. The molecule has 24 heavy (non-hydrogen) atoms. The Kier molecular flexibility index (Phi) is 9.28. The van der Waals surface area contributed by atoms with Crippen molar-refractivity contribution in [1.29, 1.82) is 0 Å². The Morgan fingerprint density at radius 1 is 1.29 bits per heavy atom. The molecule has 1 aromatic carbocycles. The molecule has 0 aliphatic heterocycles. The third-order valence-corrected chi connectivity index (χ3v) is 4.42. The van der Waals surface area contributed by atoms with Gasteiger partial charge in [0, 0.05) is 32.3 Å². The van der Waals surface area contributed by atoms with Gasteiger partial charge in [0.05, 0.1) is 6.42 Å². The van der Waals surface area contributed by atoms with Crippen LogP contribution in [0.25, 0.3) is 0 Å². The zero-order chi connectivity index (χ0) is 17.9. The van der Waals surface area contributed by atoms with Crippen molar-refractivity contribution in [2.24, 2.45) is 5.16 Å². The van der Waals surface area contributed by atoms with E-state index in [2.05, 4.69) is 5.16 Å². The van der Waals surface area contributed by atoms with Crippen molar-refractivity contribution in [3.05, 3.63) is 35.9 Å². The summed E-state index contributed by atoms with van der Waals surface area (Å²) >= 11 is 2.48. The third-order valence-electron chi connectivity index (χ3n) is 2.82. The van der Waals surface area contributed by atoms with E-state index in [0.717, 1.165) is 17.7 Å². The molecule has 0 saturated heterocycles. The van der Waals surface area contributed by atoms with Crippen LogP contribution in [0.15, 0.2) is 35.5 Å². The Balaban J connectivity index is 2.65. The van der Waals surface area contributed by atoms with Gasteiger partial charge in [0.1, 0.15) is 5.04 Å². The molecule has 0 spiro atoms. The summed E-state index contributed by atoms with van der Waals surface area (Å²) in [6.07, 6.45) is 1.19. The average molecular weight is 371 g/mol. The Morgan fingerprint density at radius 2 is 1.96 bits per heavy atom. The maximum Gasteiger partial charge on any atom is 0.446 e. The van der Waals surface area contributed by atoms with Crippen LogP contribution < -0.4 is 0 Å². The predicted octanol–water partition coefficient (Wildman–Crippen LogP) is 3.29. The standard InChI is InChI=1S/C15H21N3O4S2/c1-12(23-3)16-22-15(21)17(2)24-18(10-9-14(19)20)11-13-7-5-4-6-8-13/h4-8H,9-11H2,1-3H3,(H,19,20). The van der Waals surface area contributed by atoms with Gasteiger partial charge in [-0.1, -0.05) is 35.5 Å². The van der Waals surface area contributed by atoms with Crippen molar-refractivity contribution in [3.63, 3.8) is 0 Å². The molecule has 1 N–H and O–H groups in total. The molecule has 132 valence electrons. The minimum atomic E-state index is -0.890. The van der Waals surface area contributed by atoms with E-state index in [9.17, 15) is 9.59 Å². The van der Waals surface area contributed by atoms with Crippen LogP contribution in [0.4, 0.5) is 4.79 Å². The van der Waals surface area contributed by atoms with Crippen LogP contribution in [0.2, 0.25) is 0 Å². The molecule has 7 nitrogen and oxygen atoms in total. The summed E-state index contributed by atoms with van der Waals surface area (Å²) in [5, 5.41) is 13.2. The Bertz CT molecular complexity index is 569. The van der Waals surface area contributed by atoms with Crippen molar-refractivity contribution in [1.82, 2.24) is 8.61 Å². The topological polar surface area (TPSA) is 82.4 Å². The lowest BCUT2D eigenvalue weighted by molar-refractivity contribution is -0.137. The number of carbonyl (C=O) groups excluding carboxylic acids is 1. The van der Waals surface area contributed by atoms with Crippen LogP contribution >= 0.6 is 23.9 Å². The van der Waals surface area contributed by atoms with Crippen molar-refractivity contribution >= 4 is 41.0 Å². The Labute approximate surface area is 150 Å². The second-order valence-electron chi connectivity index (χ2n) is 4.74. The fraction of sp³-hybridized carbons (Fsp3) is 0.400. The summed E-state index contributed by atoms with van der Waals surface area (Å²) in [6.45, 7) is 2.53. The SMILES string of the molecule is CSC(C)=NOC(=O)N(C)SN(CCC(=O)O)Cc1ccccc1. The van der Waals surface area contributed by atoms with Crippen molar-refractivity contribution < 1.29 is 19.5 Å². The first-order chi connectivity index (χ1) is 11.4. The van der Waals surface area contributed by atoms with Crippen LogP contribution in [0.3, 0.4) is 0 Å². The number of nitrogens with zero attached hydrogens (tertiary/aromatic N) is 3. The van der Waals surface area contributed by atoms with E-state index in [4.69, 9.17) is 9.94 Å². The molecule has 0 fully saturated rings. The number of carboxylic acid groups (broad SMARTS) is 1. The van der Waals surface area contributed by atoms with E-state index in [1.165, 1.54) is 16.1 Å². The van der Waals surface area contributed by atoms with E-state index >= 15 is 0 Å². The van der Waals surface area contributed by atoms with Gasteiger partial charge in [-0.15, -0.1) is 11.8 Å². The lowest BCUT2D eigenvalue weighted by atomic mass is 10.2. The normalized spacial score (nSPS) is 11.4. The number of carboxylic acids is 1. The molecule has 0 aliphatic carbocycles. The molecule has 1 aromatic rings. The molecule has 1 amide bonds. The second kappa shape index (κ2) is 11.0. The number of benzene rings is 1. The molecular formula is C15H21N3O4S2. The van der Waals surface area contributed by atoms with Gasteiger partial charge >= 0.3 is 12.1 Å². The lowest BCUT2D eigenvalue weighted by Crippen LogP contribution is -2.28. The molecule has 1 rings (SSSR count). The molecule has 9 heteroatoms. The molecule has 0 radical (unpaired) electrons. The zero-order valence-corrected chi connectivity index (χ0v) is 15.5. The van der Waals surface area contributed by atoms with Crippen LogP contribution in [0, 0.1) is 0 Å². The van der Waals surface area contributed by atoms with Gasteiger partial charge in [0.15, 0.2) is 0 Å². The number of rotatable bonds is 8. The first-order valence-electron chi connectivity index (χ1n) is 7.14. The van der Waals surface area contributed by atoms with Crippen molar-refractivity contribution in [2.75, 3.05) is 19.8 Å². The summed E-state index contributed by atoms with van der Waals surface area (Å²) in [4.78, 5) is 27.6. The molecule has 0 bridgehead atoms. The summed E-state index contributed by atoms with van der Waals surface area (Å²) < 4.78 is 3.07. The molecular weight excluding hydrogens is 350 g/mol. The summed E-state index contributed by atoms with van der Waals surface area (Å²) in [7, 11) is 1.55. The number of hydrogen-bond donors (Lipinski definition) is 1. The van der Waals surface area contributed by atoms with Gasteiger partial charge in [0.2, 0.25) is 0 Å². The second-order valence-corrected chi connectivity index (χ2v) is 6.97. The van der Waals surface area contributed by atoms with Gasteiger partial charge in [0.25, 0.3) is 0 Å². The highest BCUT2D eigenvalue weighted by Gasteiger charge is 2.18. The van der Waals surface area contributed by atoms with E-state index in [-0.39, 0.29) is 6.42 Å². The Morgan fingerprint density at radius 3 is 2.54 bits per heavy atom. The number of hydrogen-bond acceptors (Lipinski definition) is 7. The van der Waals surface area contributed by atoms with Crippen LogP contribution in [0.1, 0.15) is 18.9 Å². The summed E-state index contributed by atoms with van der Waals surface area (Å²) in [5.74, 6) is -0.890. The van der Waals surface area contributed by atoms with Crippen LogP contribution in [-0.4, -0.2) is 50.7 Å². The minimum Gasteiger partial charge on any atom is -0.481 e. The fourth-order valence-corrected chi connectivity index (χ4v) is 2.50. The maximum absolute atomic E-state index is 11.9. The first-order valence-corrected chi connectivity index (χ1v) is 9.10. The van der Waals surface area contributed by atoms with E-state index < -0.39 is 12.1 Å². The highest BCUT2D eigenvalue weighted by molar-refractivity contribution is 8.13. The zero-order valence-electron chi connectivity index (χ0n) is 13.8. The number of amides is 1. The largest absolute Gasteiger partial charge is 0.481 e. The smallest absolute Gasteiger partial charge is 0.446 e. The number of oxime groups is 1. The summed E-state index contributed by atoms with van der Waals surface area (Å²) in [6, 6.07) is 9.62. The van der Waals surface area contributed by atoms with Crippen LogP contribution in [-0.2, 0) is 16.2 Å². The number of aliphatic carboxylic acids is 1. The van der Waals surface area contributed by atoms with Gasteiger partial charge in [-0.3, -0.25) is 9.63 Å². The molecule has 0 aromatic heterocycles. The quantitative estimate of drug-likeness (QED) is 0.247. The summed E-state index contributed by atoms with van der Waals surface area (Å²) in [5.41, 5.74) is 1.02. The van der Waals surface area contributed by atoms with Crippen molar-refractivity contribution in [3.8, 4) is 0 Å². The van der Waals surface area contributed by atoms with Gasteiger partial charge in [-0.2, -0.15) is 0 Å². The van der Waals surface area contributed by atoms with Crippen molar-refractivity contribution in [2.45, 2.75) is 19.9 Å². The average Bonchev–Trinajstić information content (AvgIpc) is 2.57. The minimum absolute atomic E-state index is 0.0214. The molecule has 0 saturated carbocycles. The third kappa shape index (κ3) is 8.23. The maximum atomic E-state index is 11.9. The highest BCUT2D eigenvalue weighted by atomic mass is 32.2. The van der Waals surface area contributed by atoms with E-state index in [0.29, 0.717) is 18.1 Å². The molecule has 0 atom stereocenters. The molecule has 0 aliphatic rings. The van der Waals surface area contributed by atoms with Gasteiger partial charge in [-0.25, -0.2) is 13.4 Å². The predicted molar refractivity (Wildman–Crippen MR) is 97.6 cm³/mol. The Hall–Kier alpha value is -1.71. The molecule has 0 heterocycles. The number of thioether (sulfide) groups is 1. The monoisotopic (exact) mass is 371 g/mol. The van der Waals surface area contributed by atoms with Gasteiger partial charge in [-0.05, 0) is 18.7 Å². The molecule has 0 unspecified atom stereocenters. The van der Waals surface area contributed by atoms with E-state index in [1.54, 1.807) is 18.3 Å². The van der Waals surface area contributed by atoms with Gasteiger partial charge < -0.3 is 5.11 Å².